The molecule has 0 aliphatic heterocycles. The van der Waals surface area contributed by atoms with Crippen LogP contribution in [-0.2, 0) is 11.3 Å². The first-order valence-electron chi connectivity index (χ1n) is 5.40. The molecule has 2 N–H and O–H groups in total. The topological polar surface area (TPSA) is 57.9 Å². The van der Waals surface area contributed by atoms with Crippen molar-refractivity contribution in [1.29, 1.82) is 0 Å². The summed E-state index contributed by atoms with van der Waals surface area (Å²) < 4.78 is 5.10. The molecule has 0 amide bonds. The number of rotatable bonds is 2. The molecule has 4 nitrogen and oxygen atoms in total. The molecular formula is C13H12N2O2. The van der Waals surface area contributed by atoms with Crippen LogP contribution in [0.4, 0.5) is 0 Å². The van der Waals surface area contributed by atoms with E-state index in [0.29, 0.717) is 6.61 Å². The predicted octanol–water partition coefficient (Wildman–Crippen LogP) is 2.16. The van der Waals surface area contributed by atoms with Gasteiger partial charge in [0.2, 0.25) is 5.56 Å². The number of fused-ring (bicyclic) bond motifs is 3. The summed E-state index contributed by atoms with van der Waals surface area (Å²) in [7, 11) is 1.67. The zero-order valence-corrected chi connectivity index (χ0v) is 9.41. The first kappa shape index (κ1) is 10.1. The fourth-order valence-corrected chi connectivity index (χ4v) is 2.13. The summed E-state index contributed by atoms with van der Waals surface area (Å²) in [6.45, 7) is 0.588. The molecule has 2 aromatic heterocycles. The van der Waals surface area contributed by atoms with Crippen LogP contribution in [0.2, 0.25) is 0 Å². The van der Waals surface area contributed by atoms with Crippen LogP contribution in [0, 0.1) is 0 Å². The van der Waals surface area contributed by atoms with Gasteiger partial charge in [0.25, 0.3) is 0 Å². The molecule has 0 bridgehead atoms. The van der Waals surface area contributed by atoms with Gasteiger partial charge in [-0.3, -0.25) is 4.79 Å². The summed E-state index contributed by atoms with van der Waals surface area (Å²) in [5.41, 5.74) is 2.99. The maximum atomic E-state index is 11.3. The average molecular weight is 228 g/mol. The maximum absolute atomic E-state index is 11.3. The van der Waals surface area contributed by atoms with E-state index in [2.05, 4.69) is 9.97 Å². The molecule has 0 unspecified atom stereocenters. The van der Waals surface area contributed by atoms with E-state index in [4.69, 9.17) is 4.74 Å². The molecule has 0 saturated carbocycles. The van der Waals surface area contributed by atoms with Crippen molar-refractivity contribution in [3.05, 3.63) is 46.4 Å². The van der Waals surface area contributed by atoms with Crippen LogP contribution in [0.5, 0.6) is 0 Å². The highest BCUT2D eigenvalue weighted by Crippen LogP contribution is 2.24. The van der Waals surface area contributed by atoms with Crippen LogP contribution in [-0.4, -0.2) is 17.1 Å². The Morgan fingerprint density at radius 2 is 2.06 bits per heavy atom. The quantitative estimate of drug-likeness (QED) is 0.706. The molecule has 1 aromatic carbocycles. The fourth-order valence-electron chi connectivity index (χ4n) is 2.13. The van der Waals surface area contributed by atoms with Crippen molar-refractivity contribution >= 4 is 21.8 Å². The monoisotopic (exact) mass is 228 g/mol. The van der Waals surface area contributed by atoms with Crippen molar-refractivity contribution in [2.24, 2.45) is 0 Å². The van der Waals surface area contributed by atoms with Crippen LogP contribution in [0.3, 0.4) is 0 Å². The van der Waals surface area contributed by atoms with Crippen molar-refractivity contribution < 1.29 is 4.74 Å². The van der Waals surface area contributed by atoms with E-state index in [1.165, 1.54) is 0 Å². The lowest BCUT2D eigenvalue weighted by Gasteiger charge is -1.98. The van der Waals surface area contributed by atoms with Gasteiger partial charge in [-0.05, 0) is 11.6 Å². The van der Waals surface area contributed by atoms with E-state index in [-0.39, 0.29) is 5.56 Å². The van der Waals surface area contributed by atoms with E-state index in [1.807, 2.05) is 18.2 Å². The lowest BCUT2D eigenvalue weighted by Crippen LogP contribution is -2.00. The molecule has 0 atom stereocenters. The summed E-state index contributed by atoms with van der Waals surface area (Å²) in [5, 5.41) is 2.01. The molecule has 17 heavy (non-hydrogen) atoms. The summed E-state index contributed by atoms with van der Waals surface area (Å²) >= 11 is 0. The molecule has 3 aromatic rings. The van der Waals surface area contributed by atoms with E-state index in [0.717, 1.165) is 27.4 Å². The minimum Gasteiger partial charge on any atom is -0.380 e. The number of aromatic amines is 2. The van der Waals surface area contributed by atoms with Gasteiger partial charge < -0.3 is 14.7 Å². The number of benzene rings is 1. The van der Waals surface area contributed by atoms with E-state index < -0.39 is 0 Å². The Kier molecular flexibility index (Phi) is 2.23. The molecule has 0 fully saturated rings. The number of hydrogen-bond donors (Lipinski definition) is 2. The van der Waals surface area contributed by atoms with Crippen LogP contribution >= 0.6 is 0 Å². The number of hydrogen-bond acceptors (Lipinski definition) is 2. The fraction of sp³-hybridized carbons (Fsp3) is 0.154. The van der Waals surface area contributed by atoms with Gasteiger partial charge in [0.15, 0.2) is 0 Å². The smallest absolute Gasteiger partial charge is 0.248 e. The SMILES string of the molecule is COCc1ccc2c(c1)[nH]c1c[nH]c(=O)cc12. The third kappa shape index (κ3) is 1.62. The molecule has 0 spiro atoms. The van der Waals surface area contributed by atoms with Gasteiger partial charge in [0.1, 0.15) is 0 Å². The molecule has 3 rings (SSSR count). The standard InChI is InChI=1S/C13H12N2O2/c1-17-7-8-2-3-9-10-5-13(16)14-6-12(10)15-11(9)4-8/h2-6,15H,7H2,1H3,(H,14,16). The van der Waals surface area contributed by atoms with Crippen molar-refractivity contribution in [2.45, 2.75) is 6.61 Å². The Morgan fingerprint density at radius 1 is 1.18 bits per heavy atom. The second-order valence-corrected chi connectivity index (χ2v) is 4.06. The molecule has 0 aliphatic carbocycles. The average Bonchev–Trinajstić information content (AvgIpc) is 2.66. The highest BCUT2D eigenvalue weighted by Gasteiger charge is 2.05. The Morgan fingerprint density at radius 3 is 2.88 bits per heavy atom. The number of pyridine rings is 1. The summed E-state index contributed by atoms with van der Waals surface area (Å²) in [4.78, 5) is 17.2. The van der Waals surface area contributed by atoms with E-state index in [9.17, 15) is 4.79 Å². The van der Waals surface area contributed by atoms with Crippen molar-refractivity contribution in [3.63, 3.8) is 0 Å². The Labute approximate surface area is 97.2 Å². The number of nitrogens with one attached hydrogen (secondary N) is 2. The largest absolute Gasteiger partial charge is 0.380 e. The molecule has 0 saturated heterocycles. The maximum Gasteiger partial charge on any atom is 0.248 e. The van der Waals surface area contributed by atoms with Gasteiger partial charge >= 0.3 is 0 Å². The second kappa shape index (κ2) is 3.75. The lowest BCUT2D eigenvalue weighted by atomic mass is 10.1. The van der Waals surface area contributed by atoms with Crippen LogP contribution in [0.15, 0.2) is 35.3 Å². The van der Waals surface area contributed by atoms with Crippen LogP contribution in [0.1, 0.15) is 5.56 Å². The minimum atomic E-state index is -0.0839. The normalized spacial score (nSPS) is 11.4. The summed E-state index contributed by atoms with van der Waals surface area (Å²) in [5.74, 6) is 0. The van der Waals surface area contributed by atoms with Crippen molar-refractivity contribution in [1.82, 2.24) is 9.97 Å². The zero-order chi connectivity index (χ0) is 11.8. The third-order valence-electron chi connectivity index (χ3n) is 2.88. The van der Waals surface area contributed by atoms with Crippen molar-refractivity contribution in [3.8, 4) is 0 Å². The number of methoxy groups -OCH3 is 1. The molecule has 2 heterocycles. The number of H-pyrrole nitrogens is 2. The van der Waals surface area contributed by atoms with E-state index >= 15 is 0 Å². The molecule has 86 valence electrons. The Hall–Kier alpha value is -2.07. The minimum absolute atomic E-state index is 0.0839. The number of aromatic nitrogens is 2. The Balaban J connectivity index is 2.32. The highest BCUT2D eigenvalue weighted by atomic mass is 16.5. The van der Waals surface area contributed by atoms with Crippen LogP contribution < -0.4 is 5.56 Å². The van der Waals surface area contributed by atoms with Gasteiger partial charge in [-0.2, -0.15) is 0 Å². The van der Waals surface area contributed by atoms with Gasteiger partial charge in [-0.15, -0.1) is 0 Å². The Bertz CT molecular complexity index is 740. The number of ether oxygens (including phenoxy) is 1. The van der Waals surface area contributed by atoms with Gasteiger partial charge in [0, 0.05) is 35.7 Å². The first-order valence-corrected chi connectivity index (χ1v) is 5.40. The highest BCUT2D eigenvalue weighted by molar-refractivity contribution is 6.06. The lowest BCUT2D eigenvalue weighted by molar-refractivity contribution is 0.185. The second-order valence-electron chi connectivity index (χ2n) is 4.06. The van der Waals surface area contributed by atoms with Crippen molar-refractivity contribution in [2.75, 3.05) is 7.11 Å². The molecule has 0 radical (unpaired) electrons. The predicted molar refractivity (Wildman–Crippen MR) is 67.1 cm³/mol. The van der Waals surface area contributed by atoms with Crippen LogP contribution in [0.25, 0.3) is 21.8 Å². The summed E-state index contributed by atoms with van der Waals surface area (Å²) in [6.07, 6.45) is 1.70. The molecular weight excluding hydrogens is 216 g/mol. The van der Waals surface area contributed by atoms with Gasteiger partial charge in [-0.25, -0.2) is 0 Å². The molecule has 0 aliphatic rings. The van der Waals surface area contributed by atoms with Gasteiger partial charge in [-0.1, -0.05) is 12.1 Å². The zero-order valence-electron chi connectivity index (χ0n) is 9.41. The summed E-state index contributed by atoms with van der Waals surface area (Å²) in [6, 6.07) is 7.69. The van der Waals surface area contributed by atoms with E-state index in [1.54, 1.807) is 19.4 Å². The third-order valence-corrected chi connectivity index (χ3v) is 2.88. The van der Waals surface area contributed by atoms with Gasteiger partial charge in [0.05, 0.1) is 12.1 Å². The molecule has 4 heteroatoms. The first-order chi connectivity index (χ1) is 8.28.